The number of nitriles is 1. The molecule has 0 unspecified atom stereocenters. The largest absolute Gasteiger partial charge is 0.493 e. The van der Waals surface area contributed by atoms with Crippen LogP contribution in [0.2, 0.25) is 0 Å². The number of methoxy groups -OCH3 is 1. The van der Waals surface area contributed by atoms with Gasteiger partial charge in [-0.25, -0.2) is 4.98 Å². The molecule has 3 rings (SSSR count). The van der Waals surface area contributed by atoms with Crippen molar-refractivity contribution < 1.29 is 9.47 Å². The molecule has 136 valence electrons. The number of benzene rings is 2. The zero-order valence-corrected chi connectivity index (χ0v) is 16.1. The van der Waals surface area contributed by atoms with Gasteiger partial charge in [-0.1, -0.05) is 43.3 Å². The van der Waals surface area contributed by atoms with E-state index >= 15 is 0 Å². The highest BCUT2D eigenvalue weighted by Crippen LogP contribution is 2.31. The van der Waals surface area contributed by atoms with Gasteiger partial charge in [-0.05, 0) is 30.2 Å². The molecule has 0 fully saturated rings. The van der Waals surface area contributed by atoms with Crippen LogP contribution in [0.25, 0.3) is 22.9 Å². The van der Waals surface area contributed by atoms with Gasteiger partial charge in [0.05, 0.1) is 25.0 Å². The fourth-order valence-electron chi connectivity index (χ4n) is 2.56. The summed E-state index contributed by atoms with van der Waals surface area (Å²) in [7, 11) is 1.62. The molecular formula is C22H20N2O2S. The molecule has 0 N–H and O–H groups in total. The van der Waals surface area contributed by atoms with Crippen LogP contribution in [0.1, 0.15) is 23.9 Å². The summed E-state index contributed by atoms with van der Waals surface area (Å²) in [6.45, 7) is 2.67. The van der Waals surface area contributed by atoms with E-state index in [9.17, 15) is 5.26 Å². The lowest BCUT2D eigenvalue weighted by Gasteiger charge is -2.10. The predicted molar refractivity (Wildman–Crippen MR) is 110 cm³/mol. The maximum atomic E-state index is 9.62. The van der Waals surface area contributed by atoms with E-state index in [4.69, 9.17) is 9.47 Å². The van der Waals surface area contributed by atoms with E-state index in [0.717, 1.165) is 23.2 Å². The van der Waals surface area contributed by atoms with Crippen LogP contribution >= 0.6 is 11.3 Å². The number of aromatic nitrogens is 1. The van der Waals surface area contributed by atoms with Gasteiger partial charge in [0.25, 0.3) is 0 Å². The molecule has 0 aliphatic rings. The molecule has 0 aliphatic heterocycles. The average Bonchev–Trinajstić information content (AvgIpc) is 3.21. The summed E-state index contributed by atoms with van der Waals surface area (Å²) in [5.41, 5.74) is 3.30. The highest BCUT2D eigenvalue weighted by molar-refractivity contribution is 7.11. The van der Waals surface area contributed by atoms with Crippen molar-refractivity contribution in [2.24, 2.45) is 0 Å². The second kappa shape index (κ2) is 9.02. The van der Waals surface area contributed by atoms with E-state index < -0.39 is 0 Å². The van der Waals surface area contributed by atoms with Crippen molar-refractivity contribution in [1.82, 2.24) is 4.98 Å². The van der Waals surface area contributed by atoms with Crippen molar-refractivity contribution in [3.8, 4) is 28.8 Å². The average molecular weight is 376 g/mol. The number of hydrogen-bond acceptors (Lipinski definition) is 5. The topological polar surface area (TPSA) is 55.1 Å². The fourth-order valence-corrected chi connectivity index (χ4v) is 3.35. The van der Waals surface area contributed by atoms with E-state index in [0.29, 0.717) is 28.7 Å². The van der Waals surface area contributed by atoms with Gasteiger partial charge in [-0.3, -0.25) is 0 Å². The molecule has 0 amide bonds. The van der Waals surface area contributed by atoms with Gasteiger partial charge >= 0.3 is 0 Å². The molecule has 4 nitrogen and oxygen atoms in total. The van der Waals surface area contributed by atoms with Gasteiger partial charge < -0.3 is 9.47 Å². The summed E-state index contributed by atoms with van der Waals surface area (Å²) in [5.74, 6) is 1.36. The first-order valence-electron chi connectivity index (χ1n) is 8.69. The Morgan fingerprint density at radius 2 is 2.00 bits per heavy atom. The SMILES string of the molecule is CCCOc1cc(/C=C(\C#N)c2nc(-c3ccccc3)cs2)ccc1OC. The monoisotopic (exact) mass is 376 g/mol. The Morgan fingerprint density at radius 3 is 2.70 bits per heavy atom. The lowest BCUT2D eigenvalue weighted by molar-refractivity contribution is 0.294. The minimum atomic E-state index is 0.522. The van der Waals surface area contributed by atoms with Crippen LogP contribution in [-0.4, -0.2) is 18.7 Å². The number of ether oxygens (including phenoxy) is 2. The van der Waals surface area contributed by atoms with Gasteiger partial charge in [0.2, 0.25) is 0 Å². The molecule has 0 saturated carbocycles. The van der Waals surface area contributed by atoms with Crippen LogP contribution < -0.4 is 9.47 Å². The Labute approximate surface area is 163 Å². The Morgan fingerprint density at radius 1 is 1.19 bits per heavy atom. The Kier molecular flexibility index (Phi) is 6.24. The molecule has 3 aromatic rings. The van der Waals surface area contributed by atoms with Gasteiger partial charge in [0, 0.05) is 10.9 Å². The van der Waals surface area contributed by atoms with Crippen molar-refractivity contribution in [3.05, 3.63) is 64.5 Å². The maximum absolute atomic E-state index is 9.62. The van der Waals surface area contributed by atoms with Gasteiger partial charge in [0.15, 0.2) is 11.5 Å². The third kappa shape index (κ3) is 4.55. The molecule has 1 heterocycles. The van der Waals surface area contributed by atoms with Gasteiger partial charge in [-0.15, -0.1) is 11.3 Å². The van der Waals surface area contributed by atoms with Crippen LogP contribution in [0.3, 0.4) is 0 Å². The Balaban J connectivity index is 1.91. The normalized spacial score (nSPS) is 11.1. The summed E-state index contributed by atoms with van der Waals surface area (Å²) >= 11 is 1.46. The van der Waals surface area contributed by atoms with E-state index in [-0.39, 0.29) is 0 Å². The number of nitrogens with zero attached hydrogens (tertiary/aromatic N) is 2. The first-order valence-corrected chi connectivity index (χ1v) is 9.57. The maximum Gasteiger partial charge on any atom is 0.161 e. The first-order chi connectivity index (χ1) is 13.2. The lowest BCUT2D eigenvalue weighted by Crippen LogP contribution is -1.98. The van der Waals surface area contributed by atoms with Crippen molar-refractivity contribution in [1.29, 1.82) is 5.26 Å². The highest BCUT2D eigenvalue weighted by atomic mass is 32.1. The zero-order valence-electron chi connectivity index (χ0n) is 15.3. The molecule has 0 radical (unpaired) electrons. The van der Waals surface area contributed by atoms with Crippen LogP contribution in [0.5, 0.6) is 11.5 Å². The molecule has 5 heteroatoms. The van der Waals surface area contributed by atoms with E-state index in [1.807, 2.05) is 60.0 Å². The molecule has 27 heavy (non-hydrogen) atoms. The van der Waals surface area contributed by atoms with Crippen molar-refractivity contribution in [3.63, 3.8) is 0 Å². The van der Waals surface area contributed by atoms with Crippen molar-refractivity contribution >= 4 is 23.0 Å². The fraction of sp³-hybridized carbons (Fsp3) is 0.182. The second-order valence-corrected chi connectivity index (χ2v) is 6.69. The number of hydrogen-bond donors (Lipinski definition) is 0. The van der Waals surface area contributed by atoms with Crippen LogP contribution in [0, 0.1) is 11.3 Å². The minimum Gasteiger partial charge on any atom is -0.493 e. The third-order valence-electron chi connectivity index (χ3n) is 3.88. The van der Waals surface area contributed by atoms with Crippen LogP contribution in [-0.2, 0) is 0 Å². The summed E-state index contributed by atoms with van der Waals surface area (Å²) < 4.78 is 11.1. The lowest BCUT2D eigenvalue weighted by atomic mass is 10.1. The number of thiazole rings is 1. The number of rotatable bonds is 7. The van der Waals surface area contributed by atoms with Crippen molar-refractivity contribution in [2.75, 3.05) is 13.7 Å². The van der Waals surface area contributed by atoms with E-state index in [1.165, 1.54) is 11.3 Å². The molecule has 2 aromatic carbocycles. The smallest absolute Gasteiger partial charge is 0.161 e. The quantitative estimate of drug-likeness (QED) is 0.498. The standard InChI is InChI=1S/C22H20N2O2S/c1-3-11-26-21-13-16(9-10-20(21)25-2)12-18(14-23)22-24-19(15-27-22)17-7-5-4-6-8-17/h4-10,12-13,15H,3,11H2,1-2H3/b18-12+. The summed E-state index contributed by atoms with van der Waals surface area (Å²) in [5, 5.41) is 12.3. The van der Waals surface area contributed by atoms with E-state index in [2.05, 4.69) is 18.0 Å². The molecule has 1 aromatic heterocycles. The third-order valence-corrected chi connectivity index (χ3v) is 4.76. The number of allylic oxidation sites excluding steroid dienone is 1. The predicted octanol–water partition coefficient (Wildman–Crippen LogP) is 5.67. The Hall–Kier alpha value is -3.10. The summed E-state index contributed by atoms with van der Waals surface area (Å²) in [6, 6.07) is 17.8. The van der Waals surface area contributed by atoms with Gasteiger partial charge in [-0.2, -0.15) is 5.26 Å². The molecule has 0 bridgehead atoms. The Bertz CT molecular complexity index is 971. The summed E-state index contributed by atoms with van der Waals surface area (Å²) in [4.78, 5) is 4.63. The minimum absolute atomic E-state index is 0.522. The first kappa shape index (κ1) is 18.7. The molecule has 0 aliphatic carbocycles. The second-order valence-electron chi connectivity index (χ2n) is 5.83. The van der Waals surface area contributed by atoms with Gasteiger partial charge in [0.1, 0.15) is 11.1 Å². The molecule has 0 spiro atoms. The molecule has 0 atom stereocenters. The van der Waals surface area contributed by atoms with Crippen LogP contribution in [0.15, 0.2) is 53.9 Å². The molecule has 0 saturated heterocycles. The molecular weight excluding hydrogens is 356 g/mol. The summed E-state index contributed by atoms with van der Waals surface area (Å²) in [6.07, 6.45) is 2.74. The van der Waals surface area contributed by atoms with Crippen LogP contribution in [0.4, 0.5) is 0 Å². The van der Waals surface area contributed by atoms with Crippen molar-refractivity contribution in [2.45, 2.75) is 13.3 Å². The highest BCUT2D eigenvalue weighted by Gasteiger charge is 2.10. The zero-order chi connectivity index (χ0) is 19.1. The van der Waals surface area contributed by atoms with E-state index in [1.54, 1.807) is 7.11 Å².